The van der Waals surface area contributed by atoms with E-state index in [-0.39, 0.29) is 33.5 Å². The minimum atomic E-state index is -1.00. The van der Waals surface area contributed by atoms with Crippen LogP contribution in [-0.2, 0) is 11.3 Å². The van der Waals surface area contributed by atoms with E-state index in [1.165, 1.54) is 29.2 Å². The molecule has 2 aromatic carbocycles. The van der Waals surface area contributed by atoms with Crippen LogP contribution in [0.25, 0.3) is 0 Å². The van der Waals surface area contributed by atoms with Gasteiger partial charge in [0.25, 0.3) is 5.91 Å². The Labute approximate surface area is 205 Å². The standard InChI is InChI=1S/C24H22Cl2FN3O2S/c25-19-20(29-33-22(19)26)24(32)30(14-15-6-2-1-3-7-15)21(16-10-12-17(27)13-11-16)23(31)28-18-8-4-5-9-18/h1-3,6-7,10-13,18,21H,4-5,8-9,14H2,(H,28,31)/t21-/m1/s1. The van der Waals surface area contributed by atoms with Crippen LogP contribution in [0.5, 0.6) is 0 Å². The molecule has 3 aromatic rings. The summed E-state index contributed by atoms with van der Waals surface area (Å²) in [6, 6.07) is 14.0. The SMILES string of the molecule is O=C(NC1CCCC1)[C@@H](c1ccc(F)cc1)N(Cc1ccccc1)C(=O)c1nsc(Cl)c1Cl. The lowest BCUT2D eigenvalue weighted by Crippen LogP contribution is -2.46. The summed E-state index contributed by atoms with van der Waals surface area (Å²) in [5.74, 6) is -1.28. The van der Waals surface area contributed by atoms with Crippen LogP contribution in [0, 0.1) is 5.82 Å². The number of carbonyl (C=O) groups is 2. The molecule has 0 aliphatic heterocycles. The molecule has 2 amide bonds. The van der Waals surface area contributed by atoms with Crippen molar-refractivity contribution in [2.75, 3.05) is 0 Å². The average Bonchev–Trinajstić information content (AvgIpc) is 3.44. The number of hydrogen-bond donors (Lipinski definition) is 1. The molecule has 0 bridgehead atoms. The van der Waals surface area contributed by atoms with E-state index < -0.39 is 17.8 Å². The molecule has 5 nitrogen and oxygen atoms in total. The van der Waals surface area contributed by atoms with Crippen LogP contribution in [0.3, 0.4) is 0 Å². The minimum Gasteiger partial charge on any atom is -0.351 e. The number of nitrogens with one attached hydrogen (secondary N) is 1. The summed E-state index contributed by atoms with van der Waals surface area (Å²) in [5.41, 5.74) is 1.31. The molecule has 4 rings (SSSR count). The van der Waals surface area contributed by atoms with Crippen LogP contribution >= 0.6 is 34.7 Å². The van der Waals surface area contributed by atoms with Gasteiger partial charge in [0.05, 0.1) is 0 Å². The fraction of sp³-hybridized carbons (Fsp3) is 0.292. The van der Waals surface area contributed by atoms with Crippen molar-refractivity contribution in [3.8, 4) is 0 Å². The van der Waals surface area contributed by atoms with Crippen molar-refractivity contribution in [3.05, 3.63) is 86.6 Å². The summed E-state index contributed by atoms with van der Waals surface area (Å²) in [5, 5.41) is 3.14. The molecule has 0 saturated heterocycles. The third-order valence-electron chi connectivity index (χ3n) is 5.70. The Bertz CT molecular complexity index is 1120. The number of halogens is 3. The van der Waals surface area contributed by atoms with Gasteiger partial charge < -0.3 is 10.2 Å². The van der Waals surface area contributed by atoms with E-state index in [0.29, 0.717) is 5.56 Å². The predicted octanol–water partition coefficient (Wildman–Crippen LogP) is 6.03. The number of hydrogen-bond acceptors (Lipinski definition) is 4. The Balaban J connectivity index is 1.76. The normalized spacial score (nSPS) is 14.8. The van der Waals surface area contributed by atoms with Crippen LogP contribution in [0.4, 0.5) is 4.39 Å². The lowest BCUT2D eigenvalue weighted by atomic mass is 10.0. The van der Waals surface area contributed by atoms with Gasteiger partial charge in [-0.15, -0.1) is 0 Å². The largest absolute Gasteiger partial charge is 0.351 e. The highest BCUT2D eigenvalue weighted by atomic mass is 35.5. The maximum Gasteiger partial charge on any atom is 0.276 e. The number of aromatic nitrogens is 1. The van der Waals surface area contributed by atoms with Crippen molar-refractivity contribution < 1.29 is 14.0 Å². The van der Waals surface area contributed by atoms with Crippen LogP contribution in [0.1, 0.15) is 53.3 Å². The Hall–Kier alpha value is -2.48. The van der Waals surface area contributed by atoms with Crippen LogP contribution in [0.2, 0.25) is 9.36 Å². The summed E-state index contributed by atoms with van der Waals surface area (Å²) in [6.07, 6.45) is 3.88. The van der Waals surface area contributed by atoms with Crippen molar-refractivity contribution in [3.63, 3.8) is 0 Å². The molecule has 33 heavy (non-hydrogen) atoms. The van der Waals surface area contributed by atoms with Gasteiger partial charge in [-0.2, -0.15) is 4.37 Å². The Morgan fingerprint density at radius 3 is 2.36 bits per heavy atom. The van der Waals surface area contributed by atoms with Gasteiger partial charge in [0, 0.05) is 12.6 Å². The number of rotatable bonds is 7. The van der Waals surface area contributed by atoms with Gasteiger partial charge in [0.2, 0.25) is 5.91 Å². The van der Waals surface area contributed by atoms with Crippen molar-refractivity contribution in [2.24, 2.45) is 0 Å². The first kappa shape index (κ1) is 23.7. The Morgan fingerprint density at radius 2 is 1.76 bits per heavy atom. The molecule has 1 fully saturated rings. The van der Waals surface area contributed by atoms with Crippen LogP contribution in [0.15, 0.2) is 54.6 Å². The maximum atomic E-state index is 13.7. The molecule has 0 unspecified atom stereocenters. The molecule has 1 aromatic heterocycles. The zero-order valence-electron chi connectivity index (χ0n) is 17.6. The Morgan fingerprint density at radius 1 is 1.09 bits per heavy atom. The lowest BCUT2D eigenvalue weighted by Gasteiger charge is -2.32. The zero-order valence-corrected chi connectivity index (χ0v) is 20.0. The quantitative estimate of drug-likeness (QED) is 0.426. The van der Waals surface area contributed by atoms with E-state index in [9.17, 15) is 14.0 Å². The van der Waals surface area contributed by atoms with Crippen LogP contribution < -0.4 is 5.32 Å². The number of carbonyl (C=O) groups excluding carboxylic acids is 2. The van der Waals surface area contributed by atoms with Crippen molar-refractivity contribution in [1.29, 1.82) is 0 Å². The molecule has 1 N–H and O–H groups in total. The van der Waals surface area contributed by atoms with E-state index in [1.54, 1.807) is 0 Å². The van der Waals surface area contributed by atoms with E-state index >= 15 is 0 Å². The highest BCUT2D eigenvalue weighted by molar-refractivity contribution is 7.11. The zero-order chi connectivity index (χ0) is 23.4. The minimum absolute atomic E-state index is 0.0108. The predicted molar refractivity (Wildman–Crippen MR) is 128 cm³/mol. The van der Waals surface area contributed by atoms with E-state index in [4.69, 9.17) is 23.2 Å². The van der Waals surface area contributed by atoms with Gasteiger partial charge in [0.1, 0.15) is 21.2 Å². The molecule has 0 radical (unpaired) electrons. The summed E-state index contributed by atoms with van der Waals surface area (Å²) in [6.45, 7) is 0.130. The highest BCUT2D eigenvalue weighted by Crippen LogP contribution is 2.33. The van der Waals surface area contributed by atoms with Crippen molar-refractivity contribution >= 4 is 46.5 Å². The van der Waals surface area contributed by atoms with Gasteiger partial charge in [-0.25, -0.2) is 4.39 Å². The average molecular weight is 506 g/mol. The maximum absolute atomic E-state index is 13.7. The topological polar surface area (TPSA) is 62.3 Å². The molecule has 1 aliphatic rings. The van der Waals surface area contributed by atoms with Gasteiger partial charge >= 0.3 is 0 Å². The van der Waals surface area contributed by atoms with Gasteiger partial charge in [-0.3, -0.25) is 9.59 Å². The first-order chi connectivity index (χ1) is 15.9. The van der Waals surface area contributed by atoms with Crippen molar-refractivity contribution in [2.45, 2.75) is 44.3 Å². The molecule has 9 heteroatoms. The second-order valence-electron chi connectivity index (χ2n) is 7.98. The highest BCUT2D eigenvalue weighted by Gasteiger charge is 2.35. The van der Waals surface area contributed by atoms with E-state index in [0.717, 1.165) is 42.8 Å². The molecular weight excluding hydrogens is 484 g/mol. The van der Waals surface area contributed by atoms with Gasteiger partial charge in [-0.1, -0.05) is 78.5 Å². The molecule has 0 spiro atoms. The number of benzene rings is 2. The van der Waals surface area contributed by atoms with Gasteiger partial charge in [0.15, 0.2) is 5.69 Å². The summed E-state index contributed by atoms with van der Waals surface area (Å²) in [7, 11) is 0. The fourth-order valence-corrected chi connectivity index (χ4v) is 5.04. The molecule has 1 heterocycles. The van der Waals surface area contributed by atoms with Crippen LogP contribution in [-0.4, -0.2) is 27.1 Å². The van der Waals surface area contributed by atoms with E-state index in [2.05, 4.69) is 9.69 Å². The summed E-state index contributed by atoms with van der Waals surface area (Å²) >= 11 is 13.2. The lowest BCUT2D eigenvalue weighted by molar-refractivity contribution is -0.126. The van der Waals surface area contributed by atoms with Crippen molar-refractivity contribution in [1.82, 2.24) is 14.6 Å². The first-order valence-electron chi connectivity index (χ1n) is 10.7. The number of nitrogens with zero attached hydrogens (tertiary/aromatic N) is 2. The molecular formula is C24H22Cl2FN3O2S. The number of amides is 2. The van der Waals surface area contributed by atoms with Gasteiger partial charge in [-0.05, 0) is 47.6 Å². The molecule has 1 aliphatic carbocycles. The molecule has 172 valence electrons. The second kappa shape index (κ2) is 10.6. The first-order valence-corrected chi connectivity index (χ1v) is 12.2. The summed E-state index contributed by atoms with van der Waals surface area (Å²) in [4.78, 5) is 28.7. The third kappa shape index (κ3) is 5.54. The fourth-order valence-electron chi connectivity index (χ4n) is 4.06. The Kier molecular flexibility index (Phi) is 7.63. The second-order valence-corrected chi connectivity index (χ2v) is 9.74. The smallest absolute Gasteiger partial charge is 0.276 e. The molecule has 1 saturated carbocycles. The third-order valence-corrected chi connectivity index (χ3v) is 7.32. The monoisotopic (exact) mass is 505 g/mol. The summed E-state index contributed by atoms with van der Waals surface area (Å²) < 4.78 is 18.0. The van der Waals surface area contributed by atoms with E-state index in [1.807, 2.05) is 30.3 Å². The molecule has 1 atom stereocenters.